The molecular formula is C38H73O3P. The monoisotopic (exact) mass is 609 g/mol. The van der Waals surface area contributed by atoms with Gasteiger partial charge in [-0.15, -0.1) is 0 Å². The van der Waals surface area contributed by atoms with Crippen molar-refractivity contribution in [3.8, 4) is 0 Å². The smallest absolute Gasteiger partial charge is 0.0617 e. The van der Waals surface area contributed by atoms with Crippen LogP contribution in [-0.2, 0) is 17.3 Å². The van der Waals surface area contributed by atoms with Crippen LogP contribution in [0.3, 0.4) is 0 Å². The SMILES string of the molecule is CCCCCCCCCCCCP(O)(O)(O)CCCCCCCCCCCCc1c(C(C)(C)C)cccc1C(C)(C)C. The molecule has 0 aliphatic heterocycles. The molecule has 0 saturated heterocycles. The molecule has 0 spiro atoms. The van der Waals surface area contributed by atoms with Gasteiger partial charge in [-0.25, -0.2) is 0 Å². The van der Waals surface area contributed by atoms with Crippen molar-refractivity contribution in [2.24, 2.45) is 0 Å². The van der Waals surface area contributed by atoms with Gasteiger partial charge in [-0.1, -0.05) is 59.7 Å². The van der Waals surface area contributed by atoms with Crippen LogP contribution in [0.5, 0.6) is 0 Å². The summed E-state index contributed by atoms with van der Waals surface area (Å²) in [6.45, 7) is 16.3. The molecule has 0 amide bonds. The summed E-state index contributed by atoms with van der Waals surface area (Å²) in [7, 11) is -4.41. The maximum absolute atomic E-state index is 10.5. The fraction of sp³-hybridized carbons (Fsp3) is 0.842. The van der Waals surface area contributed by atoms with Crippen LogP contribution in [-0.4, -0.2) is 27.0 Å². The van der Waals surface area contributed by atoms with E-state index >= 15 is 0 Å². The van der Waals surface area contributed by atoms with E-state index in [1.807, 2.05) is 0 Å². The fourth-order valence-corrected chi connectivity index (χ4v) is 8.41. The number of hydrogen-bond acceptors (Lipinski definition) is 3. The quantitative estimate of drug-likeness (QED) is 0.0808. The van der Waals surface area contributed by atoms with E-state index in [1.165, 1.54) is 107 Å². The van der Waals surface area contributed by atoms with Crippen molar-refractivity contribution in [2.75, 3.05) is 12.3 Å². The summed E-state index contributed by atoms with van der Waals surface area (Å²) < 4.78 is 0. The van der Waals surface area contributed by atoms with E-state index < -0.39 is 7.28 Å². The van der Waals surface area contributed by atoms with Gasteiger partial charge in [0.05, 0.1) is 0 Å². The van der Waals surface area contributed by atoms with Crippen LogP contribution in [0.1, 0.15) is 194 Å². The average Bonchev–Trinajstić information content (AvgIpc) is 2.89. The minimum atomic E-state index is -4.41. The van der Waals surface area contributed by atoms with Gasteiger partial charge in [0.2, 0.25) is 0 Å². The van der Waals surface area contributed by atoms with E-state index in [4.69, 9.17) is 0 Å². The molecule has 0 aromatic heterocycles. The van der Waals surface area contributed by atoms with E-state index in [1.54, 1.807) is 5.56 Å². The normalized spacial score (nSPS) is 13.8. The van der Waals surface area contributed by atoms with Crippen molar-refractivity contribution in [2.45, 2.75) is 194 Å². The van der Waals surface area contributed by atoms with Gasteiger partial charge in [-0.05, 0) is 27.5 Å². The summed E-state index contributed by atoms with van der Waals surface area (Å²) in [4.78, 5) is 31.4. The third-order valence-electron chi connectivity index (χ3n) is 9.05. The number of rotatable bonds is 24. The molecule has 0 heterocycles. The number of hydrogen-bond donors (Lipinski definition) is 3. The zero-order chi connectivity index (χ0) is 31.6. The molecule has 248 valence electrons. The van der Waals surface area contributed by atoms with Gasteiger partial charge in [0.1, 0.15) is 0 Å². The van der Waals surface area contributed by atoms with Crippen LogP contribution in [0, 0.1) is 0 Å². The Morgan fingerprint density at radius 3 is 1.12 bits per heavy atom. The van der Waals surface area contributed by atoms with E-state index in [0.29, 0.717) is 0 Å². The summed E-state index contributed by atoms with van der Waals surface area (Å²) in [6, 6.07) is 6.93. The first-order valence-electron chi connectivity index (χ1n) is 18.0. The van der Waals surface area contributed by atoms with Gasteiger partial charge in [-0.3, -0.25) is 0 Å². The minimum absolute atomic E-state index is 0.179. The number of unbranched alkanes of at least 4 members (excludes halogenated alkanes) is 18. The summed E-state index contributed by atoms with van der Waals surface area (Å²) in [5.74, 6) is 0. The van der Waals surface area contributed by atoms with Gasteiger partial charge in [0.25, 0.3) is 0 Å². The van der Waals surface area contributed by atoms with Gasteiger partial charge < -0.3 is 0 Å². The molecule has 0 aliphatic carbocycles. The predicted molar refractivity (Wildman–Crippen MR) is 189 cm³/mol. The first kappa shape index (κ1) is 39.6. The van der Waals surface area contributed by atoms with E-state index in [9.17, 15) is 14.7 Å². The topological polar surface area (TPSA) is 60.7 Å². The van der Waals surface area contributed by atoms with Crippen LogP contribution in [0.25, 0.3) is 0 Å². The van der Waals surface area contributed by atoms with Gasteiger partial charge in [-0.2, -0.15) is 0 Å². The Labute approximate surface area is 262 Å². The molecule has 1 aromatic carbocycles. The second-order valence-electron chi connectivity index (χ2n) is 15.6. The second-order valence-corrected chi connectivity index (χ2v) is 19.2. The molecule has 0 saturated carbocycles. The second kappa shape index (κ2) is 19.8. The summed E-state index contributed by atoms with van der Waals surface area (Å²) in [6.07, 6.45) is 25.5. The van der Waals surface area contributed by atoms with Crippen molar-refractivity contribution in [1.82, 2.24) is 0 Å². The summed E-state index contributed by atoms with van der Waals surface area (Å²) in [5, 5.41) is 0. The van der Waals surface area contributed by atoms with Crippen molar-refractivity contribution in [3.63, 3.8) is 0 Å². The Kier molecular flexibility index (Phi) is 18.7. The third kappa shape index (κ3) is 18.4. The molecule has 0 radical (unpaired) electrons. The van der Waals surface area contributed by atoms with Gasteiger partial charge in [0.15, 0.2) is 0 Å². The predicted octanol–water partition coefficient (Wildman–Crippen LogP) is 11.9. The minimum Gasteiger partial charge on any atom is -0.0617 e. The van der Waals surface area contributed by atoms with Crippen LogP contribution in [0.2, 0.25) is 0 Å². The van der Waals surface area contributed by atoms with Crippen molar-refractivity contribution >= 4 is 7.28 Å². The van der Waals surface area contributed by atoms with Gasteiger partial charge >= 0.3 is 176 Å². The standard InChI is InChI=1S/C38H73O3P/c1-8-9-10-11-12-13-17-20-23-26-32-42(39,40,41)33-27-24-21-18-15-14-16-19-22-25-29-34-35(37(2,3)4)30-28-31-36(34)38(5,6)7/h28,30-31,39-41H,8-27,29,32-33H2,1-7H3. The van der Waals surface area contributed by atoms with Crippen molar-refractivity contribution < 1.29 is 14.7 Å². The van der Waals surface area contributed by atoms with Gasteiger partial charge in [0, 0.05) is 0 Å². The molecule has 0 fully saturated rings. The molecule has 0 atom stereocenters. The van der Waals surface area contributed by atoms with E-state index in [0.717, 1.165) is 38.5 Å². The molecule has 0 unspecified atom stereocenters. The van der Waals surface area contributed by atoms with Crippen LogP contribution in [0.15, 0.2) is 18.2 Å². The van der Waals surface area contributed by atoms with Crippen molar-refractivity contribution in [1.29, 1.82) is 0 Å². The Hall–Kier alpha value is -0.470. The molecule has 0 aliphatic rings. The average molecular weight is 609 g/mol. The fourth-order valence-electron chi connectivity index (χ4n) is 6.45. The Bertz CT molecular complexity index is 793. The first-order valence-corrected chi connectivity index (χ1v) is 20.5. The zero-order valence-electron chi connectivity index (χ0n) is 29.3. The molecule has 3 nitrogen and oxygen atoms in total. The molecule has 42 heavy (non-hydrogen) atoms. The van der Waals surface area contributed by atoms with E-state index in [2.05, 4.69) is 66.7 Å². The molecule has 1 aromatic rings. The molecular weight excluding hydrogens is 535 g/mol. The third-order valence-corrected chi connectivity index (χ3v) is 11.5. The van der Waals surface area contributed by atoms with Crippen LogP contribution in [0.4, 0.5) is 0 Å². The maximum atomic E-state index is 10.5. The number of benzene rings is 1. The van der Waals surface area contributed by atoms with Crippen molar-refractivity contribution in [3.05, 3.63) is 34.9 Å². The molecule has 1 rings (SSSR count). The molecule has 0 bridgehead atoms. The zero-order valence-corrected chi connectivity index (χ0v) is 30.2. The van der Waals surface area contributed by atoms with Crippen LogP contribution >= 0.6 is 7.28 Å². The summed E-state index contributed by atoms with van der Waals surface area (Å²) in [5.41, 5.74) is 4.98. The summed E-state index contributed by atoms with van der Waals surface area (Å²) >= 11 is 0. The van der Waals surface area contributed by atoms with Crippen LogP contribution < -0.4 is 0 Å². The Morgan fingerprint density at radius 1 is 0.476 bits per heavy atom. The van der Waals surface area contributed by atoms with E-state index in [-0.39, 0.29) is 23.2 Å². The first-order chi connectivity index (χ1) is 19.6. The Balaban J connectivity index is 2.12. The molecule has 4 heteroatoms. The molecule has 3 N–H and O–H groups in total. The Morgan fingerprint density at radius 2 is 0.786 bits per heavy atom.